The number of hydrogen-bond acceptors (Lipinski definition) is 6. The number of anilines is 2. The van der Waals surface area contributed by atoms with Crippen molar-refractivity contribution in [1.29, 1.82) is 0 Å². The Hall–Kier alpha value is -2.63. The van der Waals surface area contributed by atoms with E-state index >= 15 is 0 Å². The zero-order chi connectivity index (χ0) is 17.1. The molecule has 126 valence electrons. The number of Topliss-reactive ketones (excluding diaryl/α,β-unsaturated/α-hetero) is 1. The molecule has 0 bridgehead atoms. The fourth-order valence-corrected chi connectivity index (χ4v) is 2.84. The first-order valence-corrected chi connectivity index (χ1v) is 8.22. The average molecular weight is 326 g/mol. The molecule has 0 unspecified atom stereocenters. The van der Waals surface area contributed by atoms with Gasteiger partial charge in [0.2, 0.25) is 5.88 Å². The van der Waals surface area contributed by atoms with Crippen LogP contribution in [-0.4, -0.2) is 28.8 Å². The van der Waals surface area contributed by atoms with Crippen LogP contribution in [0.1, 0.15) is 42.4 Å². The fourth-order valence-electron chi connectivity index (χ4n) is 2.84. The van der Waals surface area contributed by atoms with Crippen LogP contribution in [0.5, 0.6) is 11.6 Å². The molecular weight excluding hydrogens is 304 g/mol. The van der Waals surface area contributed by atoms with Gasteiger partial charge in [-0.05, 0) is 57.4 Å². The number of ether oxygens (including phenoxy) is 1. The molecule has 0 spiro atoms. The van der Waals surface area contributed by atoms with E-state index in [4.69, 9.17) is 10.5 Å². The number of carbonyl (C=O) groups is 1. The monoisotopic (exact) mass is 326 g/mol. The van der Waals surface area contributed by atoms with Gasteiger partial charge in [-0.2, -0.15) is 4.98 Å². The van der Waals surface area contributed by atoms with Gasteiger partial charge in [0.1, 0.15) is 17.3 Å². The van der Waals surface area contributed by atoms with Crippen LogP contribution in [0, 0.1) is 6.92 Å². The predicted molar refractivity (Wildman–Crippen MR) is 93.8 cm³/mol. The van der Waals surface area contributed by atoms with Crippen LogP contribution in [0.25, 0.3) is 0 Å². The molecule has 6 heteroatoms. The fraction of sp³-hybridized carbons (Fsp3) is 0.389. The normalized spacial score (nSPS) is 14.5. The molecule has 1 saturated heterocycles. The summed E-state index contributed by atoms with van der Waals surface area (Å²) in [6.45, 7) is 5.27. The maximum atomic E-state index is 11.3. The second-order valence-electron chi connectivity index (χ2n) is 6.04. The van der Waals surface area contributed by atoms with Crippen LogP contribution < -0.4 is 15.4 Å². The van der Waals surface area contributed by atoms with Gasteiger partial charge in [0.15, 0.2) is 11.6 Å². The zero-order valence-electron chi connectivity index (χ0n) is 14.1. The van der Waals surface area contributed by atoms with E-state index in [1.165, 1.54) is 13.3 Å². The van der Waals surface area contributed by atoms with E-state index in [-0.39, 0.29) is 5.78 Å². The zero-order valence-corrected chi connectivity index (χ0v) is 14.1. The minimum Gasteiger partial charge on any atom is -0.437 e. The quantitative estimate of drug-likeness (QED) is 0.868. The summed E-state index contributed by atoms with van der Waals surface area (Å²) in [5.41, 5.74) is 7.36. The summed E-state index contributed by atoms with van der Waals surface area (Å²) in [5, 5.41) is 0. The topological polar surface area (TPSA) is 81.3 Å². The summed E-state index contributed by atoms with van der Waals surface area (Å²) in [7, 11) is 0. The summed E-state index contributed by atoms with van der Waals surface area (Å²) in [6, 6.07) is 6.95. The second-order valence-corrected chi connectivity index (χ2v) is 6.04. The number of carbonyl (C=O) groups excluding carboxylic acids is 1. The molecule has 2 heterocycles. The molecule has 0 saturated carbocycles. The number of nitrogens with two attached hydrogens (primary N) is 1. The molecule has 0 atom stereocenters. The van der Waals surface area contributed by atoms with Gasteiger partial charge in [-0.3, -0.25) is 4.79 Å². The van der Waals surface area contributed by atoms with Gasteiger partial charge < -0.3 is 15.4 Å². The summed E-state index contributed by atoms with van der Waals surface area (Å²) in [6.07, 6.45) is 3.53. The Morgan fingerprint density at radius 3 is 2.42 bits per heavy atom. The third-order valence-corrected chi connectivity index (χ3v) is 4.13. The van der Waals surface area contributed by atoms with Crippen molar-refractivity contribution in [2.45, 2.75) is 33.1 Å². The average Bonchev–Trinajstić information content (AvgIpc) is 2.59. The molecule has 0 amide bonds. The number of aromatic nitrogens is 2. The molecule has 3 rings (SSSR count). The Morgan fingerprint density at radius 1 is 1.12 bits per heavy atom. The third-order valence-electron chi connectivity index (χ3n) is 4.13. The Morgan fingerprint density at radius 2 is 1.79 bits per heavy atom. The lowest BCUT2D eigenvalue weighted by Gasteiger charge is -2.29. The SMILES string of the molecule is CC(=O)c1ccc(Oc2nc(C)nc(N3CCCCC3)c2N)cc1. The molecule has 0 radical (unpaired) electrons. The van der Waals surface area contributed by atoms with E-state index in [0.717, 1.165) is 31.7 Å². The maximum Gasteiger partial charge on any atom is 0.248 e. The van der Waals surface area contributed by atoms with E-state index in [2.05, 4.69) is 14.9 Å². The lowest BCUT2D eigenvalue weighted by Crippen LogP contribution is -2.31. The molecular formula is C18H22N4O2. The van der Waals surface area contributed by atoms with E-state index in [1.807, 2.05) is 6.92 Å². The predicted octanol–water partition coefficient (Wildman–Crippen LogP) is 3.35. The highest BCUT2D eigenvalue weighted by molar-refractivity contribution is 5.94. The Balaban J connectivity index is 1.87. The lowest BCUT2D eigenvalue weighted by molar-refractivity contribution is 0.101. The lowest BCUT2D eigenvalue weighted by atomic mass is 10.1. The number of ketones is 1. The highest BCUT2D eigenvalue weighted by Crippen LogP contribution is 2.33. The van der Waals surface area contributed by atoms with Crippen molar-refractivity contribution < 1.29 is 9.53 Å². The van der Waals surface area contributed by atoms with Crippen molar-refractivity contribution in [3.63, 3.8) is 0 Å². The molecule has 1 aliphatic rings. The maximum absolute atomic E-state index is 11.3. The molecule has 1 aliphatic heterocycles. The first-order chi connectivity index (χ1) is 11.5. The van der Waals surface area contributed by atoms with Gasteiger partial charge in [-0.25, -0.2) is 4.98 Å². The Labute approximate surface area is 141 Å². The number of nitrogens with zero attached hydrogens (tertiary/aromatic N) is 3. The number of nitrogen functional groups attached to an aromatic ring is 1. The number of rotatable bonds is 4. The third kappa shape index (κ3) is 3.48. The molecule has 2 aromatic rings. The van der Waals surface area contributed by atoms with Crippen LogP contribution in [0.4, 0.5) is 11.5 Å². The van der Waals surface area contributed by atoms with E-state index in [9.17, 15) is 4.79 Å². The van der Waals surface area contributed by atoms with Crippen molar-refractivity contribution >= 4 is 17.3 Å². The first kappa shape index (κ1) is 16.2. The second kappa shape index (κ2) is 6.86. The minimum absolute atomic E-state index is 0.0197. The standard InChI is InChI=1S/C18H22N4O2/c1-12(23)14-6-8-15(9-7-14)24-18-16(19)17(20-13(2)21-18)22-10-4-3-5-11-22/h6-9H,3-5,10-11,19H2,1-2H3. The minimum atomic E-state index is 0.0197. The van der Waals surface area contributed by atoms with Gasteiger partial charge >= 0.3 is 0 Å². The highest BCUT2D eigenvalue weighted by atomic mass is 16.5. The molecule has 0 aliphatic carbocycles. The van der Waals surface area contributed by atoms with Crippen molar-refractivity contribution in [3.05, 3.63) is 35.7 Å². The van der Waals surface area contributed by atoms with Gasteiger partial charge in [-0.1, -0.05) is 0 Å². The van der Waals surface area contributed by atoms with Crippen LogP contribution in [0.15, 0.2) is 24.3 Å². The van der Waals surface area contributed by atoms with Gasteiger partial charge in [-0.15, -0.1) is 0 Å². The van der Waals surface area contributed by atoms with Crippen LogP contribution >= 0.6 is 0 Å². The van der Waals surface area contributed by atoms with Crippen molar-refractivity contribution in [2.75, 3.05) is 23.7 Å². The molecule has 2 N–H and O–H groups in total. The molecule has 1 aromatic heterocycles. The number of aryl methyl sites for hydroxylation is 1. The van der Waals surface area contributed by atoms with Crippen molar-refractivity contribution in [1.82, 2.24) is 9.97 Å². The van der Waals surface area contributed by atoms with E-state index in [1.54, 1.807) is 24.3 Å². The summed E-state index contributed by atoms with van der Waals surface area (Å²) in [4.78, 5) is 22.4. The van der Waals surface area contributed by atoms with Gasteiger partial charge in [0.05, 0.1) is 0 Å². The van der Waals surface area contributed by atoms with Crippen molar-refractivity contribution in [3.8, 4) is 11.6 Å². The van der Waals surface area contributed by atoms with E-state index in [0.29, 0.717) is 28.7 Å². The number of piperidine rings is 1. The van der Waals surface area contributed by atoms with Gasteiger partial charge in [0.25, 0.3) is 0 Å². The number of benzene rings is 1. The summed E-state index contributed by atoms with van der Waals surface area (Å²) >= 11 is 0. The first-order valence-electron chi connectivity index (χ1n) is 8.22. The summed E-state index contributed by atoms with van der Waals surface area (Å²) in [5.74, 6) is 2.34. The van der Waals surface area contributed by atoms with E-state index < -0.39 is 0 Å². The summed E-state index contributed by atoms with van der Waals surface area (Å²) < 4.78 is 5.84. The molecule has 6 nitrogen and oxygen atoms in total. The molecule has 24 heavy (non-hydrogen) atoms. The van der Waals surface area contributed by atoms with Gasteiger partial charge in [0, 0.05) is 18.7 Å². The molecule has 1 aromatic carbocycles. The van der Waals surface area contributed by atoms with Crippen LogP contribution in [-0.2, 0) is 0 Å². The Bertz CT molecular complexity index is 737. The number of hydrogen-bond donors (Lipinski definition) is 1. The molecule has 1 fully saturated rings. The smallest absolute Gasteiger partial charge is 0.248 e. The van der Waals surface area contributed by atoms with Crippen molar-refractivity contribution in [2.24, 2.45) is 0 Å². The van der Waals surface area contributed by atoms with Crippen LogP contribution in [0.3, 0.4) is 0 Å². The Kier molecular flexibility index (Phi) is 4.64. The van der Waals surface area contributed by atoms with Crippen LogP contribution in [0.2, 0.25) is 0 Å². The largest absolute Gasteiger partial charge is 0.437 e. The highest BCUT2D eigenvalue weighted by Gasteiger charge is 2.19.